The Morgan fingerprint density at radius 2 is 0.539 bits per heavy atom. The molecule has 0 aliphatic heterocycles. The van der Waals surface area contributed by atoms with E-state index in [2.05, 4.69) is 113 Å². The average molecular weight is 1050 g/mol. The van der Waals surface area contributed by atoms with Gasteiger partial charge in [-0.25, -0.2) is 0 Å². The third kappa shape index (κ3) is 44.6. The van der Waals surface area contributed by atoms with Crippen LogP contribution in [-0.2, 0) is 19.2 Å². The molecule has 0 aliphatic carbocycles. The van der Waals surface area contributed by atoms with Crippen LogP contribution in [0.15, 0.2) is 97.2 Å². The summed E-state index contributed by atoms with van der Waals surface area (Å²) in [6.07, 6.45) is 83.9. The van der Waals surface area contributed by atoms with Gasteiger partial charge in [-0.15, -0.1) is 0 Å². The maximum Gasteiger partial charge on any atom is 0.154 e. The smallest absolute Gasteiger partial charge is 0.154 e. The lowest BCUT2D eigenvalue weighted by atomic mass is 9.64. The van der Waals surface area contributed by atoms with Crippen molar-refractivity contribution in [2.45, 2.75) is 323 Å². The summed E-state index contributed by atoms with van der Waals surface area (Å²) in [5.74, 6) is -1.78. The highest BCUT2D eigenvalue weighted by atomic mass is 16.2. The summed E-state index contributed by atoms with van der Waals surface area (Å²) < 4.78 is 0. The molecule has 0 aromatic rings. The van der Waals surface area contributed by atoms with Crippen molar-refractivity contribution in [1.82, 2.24) is 0 Å². The fourth-order valence-electron chi connectivity index (χ4n) is 10.2. The highest BCUT2D eigenvalue weighted by molar-refractivity contribution is 6.21. The largest absolute Gasteiger partial charge is 0.302 e. The lowest BCUT2D eigenvalue weighted by Gasteiger charge is -2.33. The van der Waals surface area contributed by atoms with Gasteiger partial charge in [0.05, 0.1) is 0 Å². The van der Waals surface area contributed by atoms with Crippen LogP contribution in [-0.4, -0.2) is 23.6 Å². The van der Waals surface area contributed by atoms with E-state index in [4.69, 9.17) is 0 Å². The number of carbonyl (C=O) groups is 4. The minimum atomic E-state index is -1.94. The van der Waals surface area contributed by atoms with E-state index in [1.54, 1.807) is 0 Å². The molecule has 0 saturated carbocycles. The van der Waals surface area contributed by atoms with Gasteiger partial charge >= 0.3 is 0 Å². The van der Waals surface area contributed by atoms with Crippen molar-refractivity contribution in [2.24, 2.45) is 11.3 Å². The Morgan fingerprint density at radius 3 is 0.868 bits per heavy atom. The second-order valence-electron chi connectivity index (χ2n) is 22.1. The maximum absolute atomic E-state index is 14.6. The normalized spacial score (nSPS) is 13.7. The first-order chi connectivity index (χ1) is 37.5. The molecule has 0 aliphatic rings. The summed E-state index contributed by atoms with van der Waals surface area (Å²) in [7, 11) is 0. The molecule has 0 aromatic carbocycles. The molecule has 0 N–H and O–H groups in total. The lowest BCUT2D eigenvalue weighted by molar-refractivity contribution is -0.153. The molecule has 2 atom stereocenters. The Balaban J connectivity index is 5.90. The molecule has 0 bridgehead atoms. The van der Waals surface area contributed by atoms with Crippen LogP contribution in [0.3, 0.4) is 0 Å². The fourth-order valence-corrected chi connectivity index (χ4v) is 10.2. The molecule has 434 valence electrons. The number of Topliss-reactive ketones (excluding diaryl/α,β-unsaturated/α-hetero) is 3. The molecule has 4 heteroatoms. The van der Waals surface area contributed by atoms with Gasteiger partial charge in [0.15, 0.2) is 17.0 Å². The molecule has 0 amide bonds. The molecule has 0 radical (unpaired) electrons. The fraction of sp³-hybridized carbons (Fsp3) is 0.722. The number of hydrogen-bond donors (Lipinski definition) is 0. The summed E-state index contributed by atoms with van der Waals surface area (Å²) in [4.78, 5) is 57.4. The first-order valence-corrected chi connectivity index (χ1v) is 32.7. The van der Waals surface area contributed by atoms with Gasteiger partial charge in [0.1, 0.15) is 12.1 Å². The minimum Gasteiger partial charge on any atom is -0.302 e. The van der Waals surface area contributed by atoms with Crippen LogP contribution in [0.25, 0.3) is 0 Å². The third-order valence-electron chi connectivity index (χ3n) is 15.1. The molecule has 0 heterocycles. The van der Waals surface area contributed by atoms with Crippen molar-refractivity contribution in [2.75, 3.05) is 0 Å². The predicted octanol–water partition coefficient (Wildman–Crippen LogP) is 23.0. The van der Waals surface area contributed by atoms with E-state index in [1.165, 1.54) is 167 Å². The van der Waals surface area contributed by atoms with Crippen LogP contribution in [0, 0.1) is 11.3 Å². The number of ketones is 3. The summed E-state index contributed by atoms with van der Waals surface area (Å²) in [6.45, 7) is 9.01. The minimum absolute atomic E-state index is 0.104. The molecular formula is C72H122O4. The van der Waals surface area contributed by atoms with E-state index in [0.29, 0.717) is 38.4 Å². The van der Waals surface area contributed by atoms with E-state index in [-0.39, 0.29) is 36.6 Å². The Bertz CT molecular complexity index is 1570. The summed E-state index contributed by atoms with van der Waals surface area (Å²) in [6, 6.07) is 0. The highest BCUT2D eigenvalue weighted by Crippen LogP contribution is 2.37. The summed E-state index contributed by atoms with van der Waals surface area (Å²) in [5.41, 5.74) is -1.94. The molecule has 0 aromatic heterocycles. The Labute approximate surface area is 472 Å². The van der Waals surface area contributed by atoms with Gasteiger partial charge in [0, 0.05) is 25.2 Å². The number of rotatable bonds is 59. The zero-order valence-electron chi connectivity index (χ0n) is 50.6. The summed E-state index contributed by atoms with van der Waals surface area (Å²) >= 11 is 0. The topological polar surface area (TPSA) is 68.3 Å². The van der Waals surface area contributed by atoms with E-state index >= 15 is 0 Å². The van der Waals surface area contributed by atoms with Crippen LogP contribution in [0.2, 0.25) is 0 Å². The molecule has 0 saturated heterocycles. The number of unbranched alkanes of at least 4 members (excludes halogenated alkanes) is 31. The van der Waals surface area contributed by atoms with Gasteiger partial charge in [-0.1, -0.05) is 305 Å². The van der Waals surface area contributed by atoms with Gasteiger partial charge in [0.2, 0.25) is 0 Å². The second kappa shape index (κ2) is 59.3. The van der Waals surface area contributed by atoms with Crippen molar-refractivity contribution in [3.05, 3.63) is 97.2 Å². The van der Waals surface area contributed by atoms with E-state index < -0.39 is 11.3 Å². The van der Waals surface area contributed by atoms with Gasteiger partial charge in [0.25, 0.3) is 0 Å². The van der Waals surface area contributed by atoms with Crippen LogP contribution < -0.4 is 0 Å². The zero-order valence-corrected chi connectivity index (χ0v) is 50.6. The van der Waals surface area contributed by atoms with Crippen molar-refractivity contribution in [3.63, 3.8) is 0 Å². The molecule has 0 rings (SSSR count). The predicted molar refractivity (Wildman–Crippen MR) is 335 cm³/mol. The highest BCUT2D eigenvalue weighted by Gasteiger charge is 2.52. The van der Waals surface area contributed by atoms with Crippen LogP contribution in [0.1, 0.15) is 323 Å². The molecule has 2 unspecified atom stereocenters. The standard InChI is InChI=1S/C72H122O4/c1-5-9-13-17-21-25-29-33-35-36-38-42-46-50-54-58-62-66-71(76)72(67-73,70(75)65-61-57-53-49-45-40-32-28-24-20-16-12-8-4)68(63-59-55-51-47-43-41-37-34-30-26-22-18-14-10-6-2)69(74)64-60-56-52-48-44-39-31-27-23-19-15-11-7-3/h21-22,25-26,33-35,37-38,42-43,47,50,54-55,59,67-68H,5-20,23-24,27-32,36,39-41,44-46,48-49,51-53,56-58,60-66H2,1-4H3/b25-21?,26-22-,35-33?,37-34-,42-38?,47-43-,54-50?,59-55-. The van der Waals surface area contributed by atoms with Crippen LogP contribution >= 0.6 is 0 Å². The van der Waals surface area contributed by atoms with Gasteiger partial charge in [-0.3, -0.25) is 14.4 Å². The van der Waals surface area contributed by atoms with Crippen molar-refractivity contribution in [3.8, 4) is 0 Å². The van der Waals surface area contributed by atoms with Gasteiger partial charge < -0.3 is 4.79 Å². The molecular weight excluding hydrogens is 929 g/mol. The molecule has 76 heavy (non-hydrogen) atoms. The molecule has 0 spiro atoms. The average Bonchev–Trinajstić information content (AvgIpc) is 3.43. The van der Waals surface area contributed by atoms with E-state index in [1.807, 2.05) is 12.2 Å². The van der Waals surface area contributed by atoms with E-state index in [9.17, 15) is 19.2 Å². The van der Waals surface area contributed by atoms with Crippen molar-refractivity contribution < 1.29 is 19.2 Å². The van der Waals surface area contributed by atoms with Crippen LogP contribution in [0.5, 0.6) is 0 Å². The maximum atomic E-state index is 14.6. The lowest BCUT2D eigenvalue weighted by Crippen LogP contribution is -2.50. The van der Waals surface area contributed by atoms with Crippen molar-refractivity contribution >= 4 is 23.6 Å². The van der Waals surface area contributed by atoms with Crippen LogP contribution in [0.4, 0.5) is 0 Å². The number of allylic oxidation sites excluding steroid dienone is 16. The molecule has 4 nitrogen and oxygen atoms in total. The Morgan fingerprint density at radius 1 is 0.289 bits per heavy atom. The quantitative estimate of drug-likeness (QED) is 0.0263. The van der Waals surface area contributed by atoms with E-state index in [0.717, 1.165) is 77.0 Å². The second-order valence-corrected chi connectivity index (χ2v) is 22.1. The van der Waals surface area contributed by atoms with Gasteiger partial charge in [-0.05, 0) is 96.3 Å². The number of carbonyl (C=O) groups excluding carboxylic acids is 4. The van der Waals surface area contributed by atoms with Gasteiger partial charge in [-0.2, -0.15) is 0 Å². The number of aldehydes is 1. The number of hydrogen-bond acceptors (Lipinski definition) is 4. The Kier molecular flexibility index (Phi) is 56.6. The molecule has 0 fully saturated rings. The first kappa shape index (κ1) is 72.6. The SMILES string of the molecule is CCCCCC=CCC=CCC=CCC=CCCCC(=O)C(C=O)(C(=O)CCCCCCCCCCCCCCC)C(C/C=C\C/C=C\C/C=C\C/C=C\CCCCC)C(=O)CCCCCCCCCCCCCCC. The zero-order chi connectivity index (χ0) is 55.4. The van der Waals surface area contributed by atoms with Crippen molar-refractivity contribution in [1.29, 1.82) is 0 Å². The first-order valence-electron chi connectivity index (χ1n) is 32.7. The monoisotopic (exact) mass is 1050 g/mol. The summed E-state index contributed by atoms with van der Waals surface area (Å²) in [5, 5.41) is 0. The third-order valence-corrected chi connectivity index (χ3v) is 15.1. The Hall–Kier alpha value is -3.40.